The van der Waals surface area contributed by atoms with E-state index in [4.69, 9.17) is 42.1 Å². The van der Waals surface area contributed by atoms with Gasteiger partial charge in [0.05, 0.1) is 43.2 Å². The van der Waals surface area contributed by atoms with Crippen LogP contribution in [-0.4, -0.2) is 51.4 Å². The van der Waals surface area contributed by atoms with Gasteiger partial charge in [-0.05, 0) is 36.8 Å². The maximum absolute atomic E-state index is 13.1. The van der Waals surface area contributed by atoms with E-state index in [0.29, 0.717) is 38.6 Å². The van der Waals surface area contributed by atoms with Gasteiger partial charge in [-0.25, -0.2) is 9.59 Å². The molecular weight excluding hydrogens is 471 g/mol. The molecule has 0 aliphatic carbocycles. The Morgan fingerprint density at radius 3 is 2.36 bits per heavy atom. The predicted octanol–water partition coefficient (Wildman–Crippen LogP) is 4.60. The minimum atomic E-state index is -0.829. The van der Waals surface area contributed by atoms with Crippen molar-refractivity contribution in [3.05, 3.63) is 63.3 Å². The van der Waals surface area contributed by atoms with Crippen LogP contribution < -0.4 is 19.5 Å². The van der Waals surface area contributed by atoms with Gasteiger partial charge < -0.3 is 24.3 Å². The van der Waals surface area contributed by atoms with E-state index in [2.05, 4.69) is 5.32 Å². The number of likely N-dealkylation sites (N-methyl/N-ethyl adjacent to an activating group) is 1. The fraction of sp³-hybridized carbons (Fsp3) is 0.304. The quantitative estimate of drug-likeness (QED) is 0.539. The normalized spacial score (nSPS) is 15.8. The highest BCUT2D eigenvalue weighted by molar-refractivity contribution is 6.34. The first-order valence-electron chi connectivity index (χ1n) is 10.0. The molecule has 1 heterocycles. The molecule has 2 aromatic carbocycles. The molecule has 3 rings (SSSR count). The van der Waals surface area contributed by atoms with Gasteiger partial charge in [0.1, 0.15) is 23.9 Å². The van der Waals surface area contributed by atoms with Crippen LogP contribution in [-0.2, 0) is 9.53 Å². The molecule has 8 nitrogen and oxygen atoms in total. The molecule has 0 saturated carbocycles. The van der Waals surface area contributed by atoms with Crippen molar-refractivity contribution in [2.75, 3.05) is 34.5 Å². The molecule has 2 aromatic rings. The van der Waals surface area contributed by atoms with Crippen molar-refractivity contribution in [2.24, 2.45) is 0 Å². The molecule has 1 N–H and O–H groups in total. The van der Waals surface area contributed by atoms with Crippen molar-refractivity contribution < 1.29 is 28.5 Å². The second-order valence-electron chi connectivity index (χ2n) is 7.03. The summed E-state index contributed by atoms with van der Waals surface area (Å²) in [6, 6.07) is 8.65. The van der Waals surface area contributed by atoms with Crippen molar-refractivity contribution in [1.82, 2.24) is 10.2 Å². The van der Waals surface area contributed by atoms with E-state index >= 15 is 0 Å². The Balaban J connectivity index is 2.10. The third-order valence-corrected chi connectivity index (χ3v) is 5.58. The molecule has 33 heavy (non-hydrogen) atoms. The summed E-state index contributed by atoms with van der Waals surface area (Å²) in [6.45, 7) is 1.73. The summed E-state index contributed by atoms with van der Waals surface area (Å²) in [4.78, 5) is 27.2. The van der Waals surface area contributed by atoms with E-state index in [-0.39, 0.29) is 18.8 Å². The Morgan fingerprint density at radius 2 is 1.76 bits per heavy atom. The van der Waals surface area contributed by atoms with E-state index in [1.165, 1.54) is 26.2 Å². The summed E-state index contributed by atoms with van der Waals surface area (Å²) in [5, 5.41) is 3.62. The average Bonchev–Trinajstić information content (AvgIpc) is 2.81. The lowest BCUT2D eigenvalue weighted by Gasteiger charge is -2.34. The first-order chi connectivity index (χ1) is 15.8. The second-order valence-corrected chi connectivity index (χ2v) is 7.88. The van der Waals surface area contributed by atoms with Crippen LogP contribution in [0.25, 0.3) is 0 Å². The van der Waals surface area contributed by atoms with Crippen LogP contribution in [0.3, 0.4) is 0 Å². The van der Waals surface area contributed by atoms with Crippen LogP contribution in [0, 0.1) is 0 Å². The van der Waals surface area contributed by atoms with Gasteiger partial charge >= 0.3 is 12.0 Å². The molecule has 1 aliphatic rings. The lowest BCUT2D eigenvalue weighted by atomic mass is 9.94. The van der Waals surface area contributed by atoms with Gasteiger partial charge in [0, 0.05) is 24.2 Å². The Kier molecular flexibility index (Phi) is 7.94. The Hall–Kier alpha value is -3.10. The summed E-state index contributed by atoms with van der Waals surface area (Å²) >= 11 is 12.3. The first kappa shape index (κ1) is 24.5. The smallest absolute Gasteiger partial charge is 0.338 e. The van der Waals surface area contributed by atoms with Crippen molar-refractivity contribution in [2.45, 2.75) is 13.0 Å². The van der Waals surface area contributed by atoms with Crippen molar-refractivity contribution in [3.63, 3.8) is 0 Å². The molecule has 10 heteroatoms. The van der Waals surface area contributed by atoms with E-state index in [9.17, 15) is 9.59 Å². The van der Waals surface area contributed by atoms with Gasteiger partial charge in [0.25, 0.3) is 0 Å². The monoisotopic (exact) mass is 494 g/mol. The Bertz CT molecular complexity index is 1070. The van der Waals surface area contributed by atoms with Gasteiger partial charge in [-0.3, -0.25) is 4.90 Å². The Morgan fingerprint density at radius 1 is 1.09 bits per heavy atom. The number of methoxy groups -OCH3 is 2. The minimum absolute atomic E-state index is 0.129. The highest BCUT2D eigenvalue weighted by Gasteiger charge is 2.37. The molecule has 2 amide bonds. The summed E-state index contributed by atoms with van der Waals surface area (Å²) in [5.41, 5.74) is 1.11. The van der Waals surface area contributed by atoms with Gasteiger partial charge in [0.15, 0.2) is 0 Å². The first-order valence-corrected chi connectivity index (χ1v) is 10.8. The predicted molar refractivity (Wildman–Crippen MR) is 124 cm³/mol. The molecule has 0 fully saturated rings. The van der Waals surface area contributed by atoms with Crippen LogP contribution in [0.15, 0.2) is 47.7 Å². The molecule has 0 aromatic heterocycles. The third-order valence-electron chi connectivity index (χ3n) is 5.04. The van der Waals surface area contributed by atoms with Crippen LogP contribution in [0.1, 0.15) is 18.5 Å². The summed E-state index contributed by atoms with van der Waals surface area (Å²) in [5.74, 6) is 0.735. The number of hydrogen-bond acceptors (Lipinski definition) is 6. The highest BCUT2D eigenvalue weighted by Crippen LogP contribution is 2.36. The fourth-order valence-corrected chi connectivity index (χ4v) is 3.70. The van der Waals surface area contributed by atoms with E-state index in [0.717, 1.165) is 0 Å². The summed E-state index contributed by atoms with van der Waals surface area (Å²) in [7, 11) is 4.57. The number of rotatable bonds is 8. The SMILES string of the molecule is CCOC(=O)C1=C(COc2cc(Cl)ccc2Cl)N(C)C(=O)N[C@@H]1c1cc(OC)cc(OC)c1. The van der Waals surface area contributed by atoms with Crippen molar-refractivity contribution in [1.29, 1.82) is 0 Å². The topological polar surface area (TPSA) is 86.3 Å². The van der Waals surface area contributed by atoms with Crippen LogP contribution in [0.2, 0.25) is 10.0 Å². The molecule has 0 unspecified atom stereocenters. The average molecular weight is 495 g/mol. The molecule has 0 saturated heterocycles. The van der Waals surface area contributed by atoms with E-state index in [1.807, 2.05) is 0 Å². The summed E-state index contributed by atoms with van der Waals surface area (Å²) in [6.07, 6.45) is 0. The number of nitrogens with zero attached hydrogens (tertiary/aromatic N) is 1. The highest BCUT2D eigenvalue weighted by atomic mass is 35.5. The molecular formula is C23H24Cl2N2O6. The van der Waals surface area contributed by atoms with Gasteiger partial charge in [-0.15, -0.1) is 0 Å². The lowest BCUT2D eigenvalue weighted by Crippen LogP contribution is -2.48. The number of hydrogen-bond donors (Lipinski definition) is 1. The van der Waals surface area contributed by atoms with Crippen LogP contribution >= 0.6 is 23.2 Å². The molecule has 0 radical (unpaired) electrons. The van der Waals surface area contributed by atoms with Crippen LogP contribution in [0.5, 0.6) is 17.2 Å². The Labute approximate surface area is 202 Å². The van der Waals surface area contributed by atoms with Gasteiger partial charge in [-0.1, -0.05) is 23.2 Å². The number of carbonyl (C=O) groups is 2. The lowest BCUT2D eigenvalue weighted by molar-refractivity contribution is -0.139. The molecule has 0 spiro atoms. The number of carbonyl (C=O) groups excluding carboxylic acids is 2. The zero-order valence-electron chi connectivity index (χ0n) is 18.6. The fourth-order valence-electron chi connectivity index (χ4n) is 3.36. The molecule has 0 bridgehead atoms. The van der Waals surface area contributed by atoms with E-state index in [1.54, 1.807) is 43.3 Å². The van der Waals surface area contributed by atoms with Gasteiger partial charge in [-0.2, -0.15) is 0 Å². The number of halogens is 2. The largest absolute Gasteiger partial charge is 0.497 e. The number of ether oxygens (including phenoxy) is 4. The number of nitrogens with one attached hydrogen (secondary N) is 1. The minimum Gasteiger partial charge on any atom is -0.497 e. The van der Waals surface area contributed by atoms with Gasteiger partial charge in [0.2, 0.25) is 0 Å². The standard InChI is InChI=1S/C23H24Cl2N2O6/c1-5-32-22(28)20-18(12-33-19-10-14(24)6-7-17(19)25)27(2)23(29)26-21(20)13-8-15(30-3)11-16(9-13)31-4/h6-11,21H,5,12H2,1-4H3,(H,26,29)/t21-/m1/s1. The third kappa shape index (κ3) is 5.46. The van der Waals surface area contributed by atoms with Crippen LogP contribution in [0.4, 0.5) is 4.79 Å². The maximum Gasteiger partial charge on any atom is 0.338 e. The number of amides is 2. The number of benzene rings is 2. The molecule has 1 atom stereocenters. The van der Waals surface area contributed by atoms with Crippen molar-refractivity contribution in [3.8, 4) is 17.2 Å². The number of esters is 1. The van der Waals surface area contributed by atoms with Crippen molar-refractivity contribution >= 4 is 35.2 Å². The zero-order chi connectivity index (χ0) is 24.1. The number of urea groups is 1. The summed E-state index contributed by atoms with van der Waals surface area (Å²) < 4.78 is 21.9. The molecule has 176 valence electrons. The second kappa shape index (κ2) is 10.7. The zero-order valence-corrected chi connectivity index (χ0v) is 20.1. The maximum atomic E-state index is 13.1. The van der Waals surface area contributed by atoms with E-state index < -0.39 is 18.0 Å². The molecule has 1 aliphatic heterocycles.